The second-order valence-electron chi connectivity index (χ2n) is 8.15. The van der Waals surface area contributed by atoms with Crippen molar-refractivity contribution in [3.8, 4) is 11.5 Å². The van der Waals surface area contributed by atoms with Crippen molar-refractivity contribution >= 4 is 27.5 Å². The number of thiophene rings is 1. The van der Waals surface area contributed by atoms with Crippen molar-refractivity contribution < 1.29 is 14.3 Å². The lowest BCUT2D eigenvalue weighted by molar-refractivity contribution is -0.133. The zero-order valence-corrected chi connectivity index (χ0v) is 18.0. The van der Waals surface area contributed by atoms with Crippen molar-refractivity contribution in [1.82, 2.24) is 14.0 Å². The summed E-state index contributed by atoms with van der Waals surface area (Å²) in [6.07, 6.45) is 1.94. The minimum atomic E-state index is -0.479. The van der Waals surface area contributed by atoms with Crippen molar-refractivity contribution in [1.29, 1.82) is 0 Å². The maximum atomic E-state index is 13.3. The lowest BCUT2D eigenvalue weighted by Gasteiger charge is -2.30. The fourth-order valence-corrected chi connectivity index (χ4v) is 4.98. The third-order valence-electron chi connectivity index (χ3n) is 6.04. The largest absolute Gasteiger partial charge is 0.454 e. The van der Waals surface area contributed by atoms with Gasteiger partial charge >= 0.3 is 5.69 Å². The second kappa shape index (κ2) is 7.88. The van der Waals surface area contributed by atoms with Crippen LogP contribution in [0.2, 0.25) is 0 Å². The number of fused-ring (bicyclic) bond motifs is 2. The molecule has 8 nitrogen and oxygen atoms in total. The van der Waals surface area contributed by atoms with Gasteiger partial charge in [-0.3, -0.25) is 18.7 Å². The number of aromatic nitrogens is 2. The SMILES string of the molecule is CC1CCN(C(=O)Cn2c(=O)n(Cc3ccc4c(c3)OCO4)c(=O)c3sccc32)CC1. The molecule has 1 saturated heterocycles. The van der Waals surface area contributed by atoms with Gasteiger partial charge in [-0.2, -0.15) is 0 Å². The lowest BCUT2D eigenvalue weighted by atomic mass is 9.99. The molecule has 0 radical (unpaired) electrons. The summed E-state index contributed by atoms with van der Waals surface area (Å²) in [5, 5.41) is 1.78. The molecule has 1 amide bonds. The van der Waals surface area contributed by atoms with E-state index in [9.17, 15) is 14.4 Å². The van der Waals surface area contributed by atoms with E-state index < -0.39 is 5.69 Å². The summed E-state index contributed by atoms with van der Waals surface area (Å²) in [5.41, 5.74) is 0.443. The van der Waals surface area contributed by atoms with E-state index in [-0.39, 0.29) is 31.3 Å². The molecule has 5 rings (SSSR count). The maximum Gasteiger partial charge on any atom is 0.332 e. The van der Waals surface area contributed by atoms with Gasteiger partial charge in [0, 0.05) is 13.1 Å². The Kier molecular flexibility index (Phi) is 5.05. The monoisotopic (exact) mass is 441 g/mol. The number of hydrogen-bond acceptors (Lipinski definition) is 6. The topological polar surface area (TPSA) is 82.8 Å². The third-order valence-corrected chi connectivity index (χ3v) is 6.94. The molecule has 2 aliphatic heterocycles. The van der Waals surface area contributed by atoms with E-state index >= 15 is 0 Å². The van der Waals surface area contributed by atoms with Gasteiger partial charge in [-0.25, -0.2) is 4.79 Å². The normalized spacial score (nSPS) is 16.2. The number of amides is 1. The number of nitrogens with zero attached hydrogens (tertiary/aromatic N) is 3. The van der Waals surface area contributed by atoms with Crippen LogP contribution < -0.4 is 20.7 Å². The van der Waals surface area contributed by atoms with Crippen LogP contribution in [-0.4, -0.2) is 39.8 Å². The number of hydrogen-bond donors (Lipinski definition) is 0. The minimum absolute atomic E-state index is 0.0676. The molecule has 4 heterocycles. The third kappa shape index (κ3) is 3.63. The van der Waals surface area contributed by atoms with Crippen molar-refractivity contribution in [2.24, 2.45) is 5.92 Å². The van der Waals surface area contributed by atoms with Crippen LogP contribution in [0.15, 0.2) is 39.2 Å². The number of ether oxygens (including phenoxy) is 2. The highest BCUT2D eigenvalue weighted by atomic mass is 32.1. The minimum Gasteiger partial charge on any atom is -0.454 e. The van der Waals surface area contributed by atoms with E-state index in [2.05, 4.69) is 6.92 Å². The van der Waals surface area contributed by atoms with Gasteiger partial charge in [-0.05, 0) is 47.9 Å². The van der Waals surface area contributed by atoms with Gasteiger partial charge in [-0.15, -0.1) is 11.3 Å². The van der Waals surface area contributed by atoms with Gasteiger partial charge in [0.25, 0.3) is 5.56 Å². The van der Waals surface area contributed by atoms with Crippen LogP contribution in [0.4, 0.5) is 0 Å². The van der Waals surface area contributed by atoms with Gasteiger partial charge < -0.3 is 14.4 Å². The van der Waals surface area contributed by atoms with Gasteiger partial charge in [-0.1, -0.05) is 13.0 Å². The summed E-state index contributed by atoms with van der Waals surface area (Å²) < 4.78 is 13.8. The van der Waals surface area contributed by atoms with E-state index in [0.29, 0.717) is 40.7 Å². The molecule has 31 heavy (non-hydrogen) atoms. The van der Waals surface area contributed by atoms with Crippen LogP contribution in [0.3, 0.4) is 0 Å². The summed E-state index contributed by atoms with van der Waals surface area (Å²) in [5.74, 6) is 1.76. The van der Waals surface area contributed by atoms with Crippen molar-refractivity contribution in [2.45, 2.75) is 32.9 Å². The fourth-order valence-electron chi connectivity index (χ4n) is 4.14. The summed E-state index contributed by atoms with van der Waals surface area (Å²) in [6, 6.07) is 7.09. The van der Waals surface area contributed by atoms with Crippen LogP contribution in [-0.2, 0) is 17.9 Å². The first kappa shape index (κ1) is 19.9. The van der Waals surface area contributed by atoms with Crippen LogP contribution in [0, 0.1) is 5.92 Å². The molecule has 0 spiro atoms. The van der Waals surface area contributed by atoms with Gasteiger partial charge in [0.05, 0.1) is 12.1 Å². The zero-order chi connectivity index (χ0) is 21.5. The average Bonchev–Trinajstić information content (AvgIpc) is 3.44. The van der Waals surface area contributed by atoms with E-state index in [1.165, 1.54) is 20.5 Å². The standard InChI is InChI=1S/C22H23N3O5S/c1-14-4-7-23(8-5-14)19(26)12-24-16-6-9-31-20(16)21(27)25(22(24)28)11-15-2-3-17-18(10-15)30-13-29-17/h2-3,6,9-10,14H,4-5,7-8,11-13H2,1H3. The average molecular weight is 442 g/mol. The lowest BCUT2D eigenvalue weighted by Crippen LogP contribution is -2.45. The Morgan fingerprint density at radius 3 is 2.68 bits per heavy atom. The molecule has 0 atom stereocenters. The van der Waals surface area contributed by atoms with Crippen LogP contribution in [0.5, 0.6) is 11.5 Å². The second-order valence-corrected chi connectivity index (χ2v) is 9.06. The van der Waals surface area contributed by atoms with E-state index in [0.717, 1.165) is 18.4 Å². The Morgan fingerprint density at radius 2 is 1.87 bits per heavy atom. The Hall–Kier alpha value is -3.07. The molecule has 9 heteroatoms. The molecular formula is C22H23N3O5S. The number of rotatable bonds is 4. The van der Waals surface area contributed by atoms with E-state index in [1.54, 1.807) is 23.6 Å². The van der Waals surface area contributed by atoms with Gasteiger partial charge in [0.2, 0.25) is 12.7 Å². The Labute approximate surface area is 182 Å². The first-order valence-corrected chi connectivity index (χ1v) is 11.3. The maximum absolute atomic E-state index is 13.3. The Balaban J connectivity index is 1.50. The highest BCUT2D eigenvalue weighted by Gasteiger charge is 2.23. The molecule has 1 aromatic carbocycles. The predicted octanol–water partition coefficient (Wildman–Crippen LogP) is 2.26. The number of carbonyl (C=O) groups excluding carboxylic acids is 1. The van der Waals surface area contributed by atoms with E-state index in [1.807, 2.05) is 11.0 Å². The molecule has 162 valence electrons. The molecule has 1 fully saturated rings. The molecule has 0 unspecified atom stereocenters. The van der Waals surface area contributed by atoms with Crippen molar-refractivity contribution in [3.05, 3.63) is 56.0 Å². The summed E-state index contributed by atoms with van der Waals surface area (Å²) in [7, 11) is 0. The smallest absolute Gasteiger partial charge is 0.332 e. The number of piperidine rings is 1. The quantitative estimate of drug-likeness (QED) is 0.620. The number of benzene rings is 1. The Morgan fingerprint density at radius 1 is 1.10 bits per heavy atom. The summed E-state index contributed by atoms with van der Waals surface area (Å²) >= 11 is 1.28. The molecule has 0 N–H and O–H groups in total. The van der Waals surface area contributed by atoms with Crippen molar-refractivity contribution in [2.75, 3.05) is 19.9 Å². The fraction of sp³-hybridized carbons (Fsp3) is 0.409. The molecule has 2 aromatic heterocycles. The van der Waals surface area contributed by atoms with Gasteiger partial charge in [0.1, 0.15) is 11.2 Å². The molecule has 3 aromatic rings. The number of carbonyl (C=O) groups is 1. The highest BCUT2D eigenvalue weighted by molar-refractivity contribution is 7.17. The highest BCUT2D eigenvalue weighted by Crippen LogP contribution is 2.32. The molecule has 0 bridgehead atoms. The van der Waals surface area contributed by atoms with Crippen molar-refractivity contribution in [3.63, 3.8) is 0 Å². The molecular weight excluding hydrogens is 418 g/mol. The zero-order valence-electron chi connectivity index (χ0n) is 17.2. The predicted molar refractivity (Wildman–Crippen MR) is 117 cm³/mol. The molecule has 0 aliphatic carbocycles. The molecule has 2 aliphatic rings. The van der Waals surface area contributed by atoms with E-state index in [4.69, 9.17) is 9.47 Å². The first-order chi connectivity index (χ1) is 15.0. The summed E-state index contributed by atoms with van der Waals surface area (Å²) in [4.78, 5) is 41.1. The van der Waals surface area contributed by atoms with Crippen LogP contribution in [0.1, 0.15) is 25.3 Å². The summed E-state index contributed by atoms with van der Waals surface area (Å²) in [6.45, 7) is 3.79. The Bertz CT molecular complexity index is 1270. The van der Waals surface area contributed by atoms with Gasteiger partial charge in [0.15, 0.2) is 11.5 Å². The van der Waals surface area contributed by atoms with Crippen LogP contribution >= 0.6 is 11.3 Å². The number of likely N-dealkylation sites (tertiary alicyclic amines) is 1. The van der Waals surface area contributed by atoms with Crippen LogP contribution in [0.25, 0.3) is 10.2 Å². The first-order valence-electron chi connectivity index (χ1n) is 10.4. The molecule has 0 saturated carbocycles.